The second-order valence-electron chi connectivity index (χ2n) is 1.84. The lowest BCUT2D eigenvalue weighted by Crippen LogP contribution is -2.48. The van der Waals surface area contributed by atoms with E-state index in [1.165, 1.54) is 0 Å². The zero-order valence-electron chi connectivity index (χ0n) is 5.90. The maximum atomic E-state index is 12.1. The van der Waals surface area contributed by atoms with Crippen LogP contribution in [0, 0.1) is 0 Å². The predicted molar refractivity (Wildman–Crippen MR) is 33.3 cm³/mol. The van der Waals surface area contributed by atoms with Crippen molar-refractivity contribution in [3.8, 4) is 0 Å². The van der Waals surface area contributed by atoms with Crippen molar-refractivity contribution in [2.24, 2.45) is 0 Å². The minimum absolute atomic E-state index is 0.217. The van der Waals surface area contributed by atoms with Gasteiger partial charge in [-0.1, -0.05) is 6.58 Å². The molecule has 13 heavy (non-hydrogen) atoms. The molecule has 0 radical (unpaired) electrons. The van der Waals surface area contributed by atoms with Gasteiger partial charge in [0, 0.05) is 6.20 Å². The van der Waals surface area contributed by atoms with E-state index in [1.54, 1.807) is 0 Å². The van der Waals surface area contributed by atoms with Gasteiger partial charge in [0.2, 0.25) is 0 Å². The molecule has 3 nitrogen and oxygen atoms in total. The maximum absolute atomic E-state index is 12.1. The molecular weight excluding hydrogens is 221 g/mol. The molecule has 0 rings (SSSR count). The van der Waals surface area contributed by atoms with Crippen LogP contribution in [0.2, 0.25) is 0 Å². The highest BCUT2D eigenvalue weighted by atomic mass is 32.2. The Labute approximate surface area is 70.3 Å². The van der Waals surface area contributed by atoms with Gasteiger partial charge in [-0.25, -0.2) is 0 Å². The van der Waals surface area contributed by atoms with Crippen molar-refractivity contribution in [3.05, 3.63) is 12.8 Å². The molecule has 0 heterocycles. The molecule has 0 saturated heterocycles. The Hall–Kier alpha value is -0.860. The number of hydrogen-bond acceptors (Lipinski definition) is 2. The molecule has 0 saturated carbocycles. The lowest BCUT2D eigenvalue weighted by Gasteiger charge is -2.18. The Kier molecular flexibility index (Phi) is 2.92. The van der Waals surface area contributed by atoms with Crippen LogP contribution in [0.3, 0.4) is 0 Å². The fourth-order valence-electron chi connectivity index (χ4n) is 0.336. The molecule has 0 aromatic rings. The molecule has 78 valence electrons. The summed E-state index contributed by atoms with van der Waals surface area (Å²) in [4.78, 5) is 0. The van der Waals surface area contributed by atoms with Gasteiger partial charge in [-0.05, 0) is 0 Å². The van der Waals surface area contributed by atoms with E-state index in [9.17, 15) is 30.4 Å². The van der Waals surface area contributed by atoms with Gasteiger partial charge in [-0.2, -0.15) is 30.4 Å². The van der Waals surface area contributed by atoms with Crippen molar-refractivity contribution in [2.45, 2.75) is 11.4 Å². The molecule has 9 heteroatoms. The molecular formula is C4H4F5NO2S. The van der Waals surface area contributed by atoms with Gasteiger partial charge < -0.3 is 0 Å². The van der Waals surface area contributed by atoms with E-state index in [2.05, 4.69) is 6.58 Å². The monoisotopic (exact) mass is 225 g/mol. The first kappa shape index (κ1) is 12.1. The smallest absolute Gasteiger partial charge is 0.286 e. The van der Waals surface area contributed by atoms with E-state index in [1.807, 2.05) is 0 Å². The Morgan fingerprint density at radius 1 is 1.15 bits per heavy atom. The molecule has 0 atom stereocenters. The summed E-state index contributed by atoms with van der Waals surface area (Å²) in [5, 5.41) is -5.83. The van der Waals surface area contributed by atoms with Gasteiger partial charge in [0.25, 0.3) is 0 Å². The normalized spacial score (nSPS) is 13.9. The first-order chi connectivity index (χ1) is 5.56. The van der Waals surface area contributed by atoms with Crippen LogP contribution in [0.4, 0.5) is 22.0 Å². The average molecular weight is 225 g/mol. The number of sulfonamides is 1. The highest BCUT2D eigenvalue weighted by Crippen LogP contribution is 2.39. The van der Waals surface area contributed by atoms with Crippen LogP contribution in [0.5, 0.6) is 0 Å². The van der Waals surface area contributed by atoms with E-state index in [0.717, 1.165) is 4.72 Å². The van der Waals surface area contributed by atoms with Gasteiger partial charge in [-0.3, -0.25) is 4.72 Å². The molecule has 0 amide bonds. The van der Waals surface area contributed by atoms with Crippen molar-refractivity contribution in [1.82, 2.24) is 4.72 Å². The summed E-state index contributed by atoms with van der Waals surface area (Å²) in [6.45, 7) is 2.65. The minimum Gasteiger partial charge on any atom is -0.286 e. The van der Waals surface area contributed by atoms with Crippen molar-refractivity contribution in [1.29, 1.82) is 0 Å². The zero-order valence-corrected chi connectivity index (χ0v) is 6.72. The Morgan fingerprint density at radius 2 is 1.54 bits per heavy atom. The summed E-state index contributed by atoms with van der Waals surface area (Å²) >= 11 is 0. The molecule has 0 bridgehead atoms. The maximum Gasteiger partial charge on any atom is 0.471 e. The van der Waals surface area contributed by atoms with E-state index < -0.39 is 21.5 Å². The zero-order chi connectivity index (χ0) is 10.9. The SMILES string of the molecule is C=CNS(=O)(=O)C(F)(F)C(F)(F)F. The van der Waals surface area contributed by atoms with Gasteiger partial charge in [0.1, 0.15) is 0 Å². The molecule has 0 aliphatic rings. The van der Waals surface area contributed by atoms with Crippen LogP contribution in [-0.4, -0.2) is 19.8 Å². The van der Waals surface area contributed by atoms with Crippen molar-refractivity contribution in [3.63, 3.8) is 0 Å². The molecule has 0 aromatic heterocycles. The Bertz CT molecular complexity index is 292. The number of nitrogens with one attached hydrogen (secondary N) is 1. The van der Waals surface area contributed by atoms with Crippen LogP contribution in [-0.2, 0) is 10.0 Å². The van der Waals surface area contributed by atoms with E-state index >= 15 is 0 Å². The van der Waals surface area contributed by atoms with Crippen molar-refractivity contribution < 1.29 is 30.4 Å². The van der Waals surface area contributed by atoms with Crippen LogP contribution < -0.4 is 4.72 Å². The van der Waals surface area contributed by atoms with Crippen LogP contribution in [0.1, 0.15) is 0 Å². The fourth-order valence-corrected chi connectivity index (χ4v) is 1.01. The van der Waals surface area contributed by atoms with E-state index in [-0.39, 0.29) is 6.20 Å². The Balaban J connectivity index is 5.17. The first-order valence-electron chi connectivity index (χ1n) is 2.63. The second-order valence-corrected chi connectivity index (χ2v) is 3.60. The van der Waals surface area contributed by atoms with Crippen molar-refractivity contribution >= 4 is 10.0 Å². The summed E-state index contributed by atoms with van der Waals surface area (Å²) in [6, 6.07) is 0. The molecule has 0 aliphatic heterocycles. The topological polar surface area (TPSA) is 46.2 Å². The van der Waals surface area contributed by atoms with Crippen LogP contribution >= 0.6 is 0 Å². The summed E-state index contributed by atoms with van der Waals surface area (Å²) in [5.74, 6) is 0. The lowest BCUT2D eigenvalue weighted by molar-refractivity contribution is -0.241. The minimum atomic E-state index is -6.15. The highest BCUT2D eigenvalue weighted by Gasteiger charge is 2.67. The van der Waals surface area contributed by atoms with Gasteiger partial charge in [0.15, 0.2) is 0 Å². The molecule has 0 spiro atoms. The average Bonchev–Trinajstić information content (AvgIpc) is 1.84. The third kappa shape index (κ3) is 2.08. The van der Waals surface area contributed by atoms with Crippen molar-refractivity contribution in [2.75, 3.05) is 0 Å². The highest BCUT2D eigenvalue weighted by molar-refractivity contribution is 7.90. The molecule has 0 aromatic carbocycles. The summed E-state index contributed by atoms with van der Waals surface area (Å²) in [6.07, 6.45) is -5.93. The van der Waals surface area contributed by atoms with Crippen LogP contribution in [0.25, 0.3) is 0 Å². The second kappa shape index (κ2) is 3.13. The third-order valence-corrected chi connectivity index (χ3v) is 2.29. The summed E-state index contributed by atoms with van der Waals surface area (Å²) in [5.41, 5.74) is 0. The molecule has 0 aliphatic carbocycles. The third-order valence-electron chi connectivity index (χ3n) is 0.906. The largest absolute Gasteiger partial charge is 0.471 e. The summed E-state index contributed by atoms with van der Waals surface area (Å²) < 4.78 is 79.8. The quantitative estimate of drug-likeness (QED) is 0.733. The predicted octanol–water partition coefficient (Wildman–Crippen LogP) is 1.20. The van der Waals surface area contributed by atoms with E-state index in [4.69, 9.17) is 0 Å². The number of rotatable bonds is 3. The molecule has 0 fully saturated rings. The van der Waals surface area contributed by atoms with Gasteiger partial charge in [-0.15, -0.1) is 0 Å². The summed E-state index contributed by atoms with van der Waals surface area (Å²) in [7, 11) is -5.79. The van der Waals surface area contributed by atoms with Gasteiger partial charge >= 0.3 is 21.5 Å². The molecule has 0 unspecified atom stereocenters. The first-order valence-corrected chi connectivity index (χ1v) is 4.12. The van der Waals surface area contributed by atoms with Gasteiger partial charge in [0.05, 0.1) is 0 Å². The lowest BCUT2D eigenvalue weighted by atomic mass is 10.7. The number of hydrogen-bond donors (Lipinski definition) is 1. The fraction of sp³-hybridized carbons (Fsp3) is 0.500. The standard InChI is InChI=1S/C4H4F5NO2S/c1-2-10-13(11,12)4(8,9)3(5,6)7/h2,10H,1H2. The number of halogens is 5. The number of alkyl halides is 5. The van der Waals surface area contributed by atoms with Crippen LogP contribution in [0.15, 0.2) is 12.8 Å². The molecule has 1 N–H and O–H groups in total. The van der Waals surface area contributed by atoms with E-state index in [0.29, 0.717) is 0 Å². The Morgan fingerprint density at radius 3 is 1.77 bits per heavy atom.